The van der Waals surface area contributed by atoms with Crippen molar-refractivity contribution in [1.29, 1.82) is 0 Å². The first-order chi connectivity index (χ1) is 7.74. The Bertz CT molecular complexity index is 439. The van der Waals surface area contributed by atoms with E-state index in [-0.39, 0.29) is 6.04 Å². The average molecular weight is 217 g/mol. The Balaban J connectivity index is 1.94. The largest absolute Gasteiger partial charge is 0.469 e. The highest BCUT2D eigenvalue weighted by Gasteiger charge is 2.05. The molecule has 3 N–H and O–H groups in total. The first-order valence-electron chi connectivity index (χ1n) is 5.24. The molecule has 0 aliphatic heterocycles. The lowest BCUT2D eigenvalue weighted by molar-refractivity contribution is 0.498. The number of hydrogen-bond donors (Lipinski definition) is 2. The molecule has 4 nitrogen and oxygen atoms in total. The molecule has 0 bridgehead atoms. The lowest BCUT2D eigenvalue weighted by Gasteiger charge is -2.13. The standard InChI is InChI=1S/C12H15N3O/c1-9(7-11-3-2-6-16-11)15-10-4-5-14-12(13)8-10/h2-6,8-9H,7H2,1H3,(H3,13,14,15). The summed E-state index contributed by atoms with van der Waals surface area (Å²) in [5.41, 5.74) is 6.58. The third-order valence-electron chi connectivity index (χ3n) is 2.28. The molecule has 0 aliphatic rings. The first-order valence-corrected chi connectivity index (χ1v) is 5.24. The Morgan fingerprint density at radius 3 is 3.06 bits per heavy atom. The van der Waals surface area contributed by atoms with Crippen molar-refractivity contribution < 1.29 is 4.42 Å². The van der Waals surface area contributed by atoms with Gasteiger partial charge in [0.15, 0.2) is 0 Å². The van der Waals surface area contributed by atoms with Gasteiger partial charge in [0.05, 0.1) is 6.26 Å². The third-order valence-corrected chi connectivity index (χ3v) is 2.28. The van der Waals surface area contributed by atoms with Gasteiger partial charge in [-0.2, -0.15) is 0 Å². The van der Waals surface area contributed by atoms with Crippen molar-refractivity contribution in [2.24, 2.45) is 0 Å². The van der Waals surface area contributed by atoms with E-state index < -0.39 is 0 Å². The van der Waals surface area contributed by atoms with Gasteiger partial charge in [-0.3, -0.25) is 0 Å². The van der Waals surface area contributed by atoms with Crippen molar-refractivity contribution in [1.82, 2.24) is 4.98 Å². The van der Waals surface area contributed by atoms with Gasteiger partial charge in [0, 0.05) is 30.4 Å². The van der Waals surface area contributed by atoms with Gasteiger partial charge in [-0.1, -0.05) is 0 Å². The van der Waals surface area contributed by atoms with Crippen molar-refractivity contribution >= 4 is 11.5 Å². The summed E-state index contributed by atoms with van der Waals surface area (Å²) in [6.45, 7) is 2.10. The summed E-state index contributed by atoms with van der Waals surface area (Å²) in [5, 5.41) is 3.34. The first kappa shape index (κ1) is 10.5. The highest BCUT2D eigenvalue weighted by atomic mass is 16.3. The summed E-state index contributed by atoms with van der Waals surface area (Å²) in [7, 11) is 0. The minimum atomic E-state index is 0.285. The van der Waals surface area contributed by atoms with Crippen LogP contribution in [-0.2, 0) is 6.42 Å². The number of aromatic nitrogens is 1. The highest BCUT2D eigenvalue weighted by molar-refractivity contribution is 5.50. The molecule has 2 heterocycles. The molecule has 16 heavy (non-hydrogen) atoms. The fourth-order valence-electron chi connectivity index (χ4n) is 1.60. The number of nitrogens with two attached hydrogens (primary N) is 1. The zero-order valence-electron chi connectivity index (χ0n) is 9.18. The van der Waals surface area contributed by atoms with Crippen LogP contribution < -0.4 is 11.1 Å². The number of furan rings is 1. The van der Waals surface area contributed by atoms with Crippen LogP contribution in [0.4, 0.5) is 11.5 Å². The zero-order valence-corrected chi connectivity index (χ0v) is 9.18. The molecule has 0 fully saturated rings. The Morgan fingerprint density at radius 2 is 2.38 bits per heavy atom. The minimum Gasteiger partial charge on any atom is -0.469 e. The number of anilines is 2. The van der Waals surface area contributed by atoms with Crippen LogP contribution in [0.2, 0.25) is 0 Å². The summed E-state index contributed by atoms with van der Waals surface area (Å²) in [6, 6.07) is 7.87. The molecule has 0 saturated heterocycles. The van der Waals surface area contributed by atoms with Crippen LogP contribution in [0, 0.1) is 0 Å². The Labute approximate surface area is 94.5 Å². The van der Waals surface area contributed by atoms with E-state index in [1.165, 1.54) is 0 Å². The molecule has 0 aromatic carbocycles. The highest BCUT2D eigenvalue weighted by Crippen LogP contribution is 2.12. The molecule has 2 rings (SSSR count). The van der Waals surface area contributed by atoms with Gasteiger partial charge in [-0.15, -0.1) is 0 Å². The summed E-state index contributed by atoms with van der Waals surface area (Å²) in [6.07, 6.45) is 4.22. The molecule has 1 unspecified atom stereocenters. The Hall–Kier alpha value is -1.97. The molecule has 4 heteroatoms. The fraction of sp³-hybridized carbons (Fsp3) is 0.250. The summed E-state index contributed by atoms with van der Waals surface area (Å²) < 4.78 is 5.29. The van der Waals surface area contributed by atoms with E-state index in [0.29, 0.717) is 5.82 Å². The van der Waals surface area contributed by atoms with Crippen LogP contribution in [0.5, 0.6) is 0 Å². The van der Waals surface area contributed by atoms with E-state index in [1.54, 1.807) is 12.5 Å². The van der Waals surface area contributed by atoms with E-state index >= 15 is 0 Å². The second-order valence-corrected chi connectivity index (χ2v) is 3.80. The quantitative estimate of drug-likeness (QED) is 0.824. The lowest BCUT2D eigenvalue weighted by Crippen LogP contribution is -2.17. The lowest BCUT2D eigenvalue weighted by atomic mass is 10.2. The van der Waals surface area contributed by atoms with Gasteiger partial charge < -0.3 is 15.5 Å². The van der Waals surface area contributed by atoms with Crippen LogP contribution in [-0.4, -0.2) is 11.0 Å². The second-order valence-electron chi connectivity index (χ2n) is 3.80. The van der Waals surface area contributed by atoms with E-state index in [4.69, 9.17) is 10.2 Å². The molecule has 0 spiro atoms. The van der Waals surface area contributed by atoms with E-state index in [0.717, 1.165) is 17.9 Å². The SMILES string of the molecule is CC(Cc1ccco1)Nc1ccnc(N)c1. The van der Waals surface area contributed by atoms with E-state index in [2.05, 4.69) is 17.2 Å². The third kappa shape index (κ3) is 2.76. The summed E-state index contributed by atoms with van der Waals surface area (Å²) >= 11 is 0. The van der Waals surface area contributed by atoms with Gasteiger partial charge in [0.1, 0.15) is 11.6 Å². The molecule has 0 amide bonds. The molecular formula is C12H15N3O. The predicted molar refractivity (Wildman–Crippen MR) is 64.1 cm³/mol. The number of rotatable bonds is 4. The van der Waals surface area contributed by atoms with Gasteiger partial charge >= 0.3 is 0 Å². The number of hydrogen-bond acceptors (Lipinski definition) is 4. The fourth-order valence-corrected chi connectivity index (χ4v) is 1.60. The smallest absolute Gasteiger partial charge is 0.125 e. The summed E-state index contributed by atoms with van der Waals surface area (Å²) in [5.74, 6) is 1.50. The predicted octanol–water partition coefficient (Wildman–Crippen LogP) is 2.30. The maximum atomic E-state index is 5.60. The maximum Gasteiger partial charge on any atom is 0.125 e. The minimum absolute atomic E-state index is 0.285. The number of nitrogens with one attached hydrogen (secondary N) is 1. The van der Waals surface area contributed by atoms with E-state index in [9.17, 15) is 0 Å². The van der Waals surface area contributed by atoms with Crippen molar-refractivity contribution in [3.8, 4) is 0 Å². The van der Waals surface area contributed by atoms with Crippen molar-refractivity contribution in [2.75, 3.05) is 11.1 Å². The maximum absolute atomic E-state index is 5.60. The van der Waals surface area contributed by atoms with E-state index in [1.807, 2.05) is 24.3 Å². The second kappa shape index (κ2) is 4.70. The molecule has 0 saturated carbocycles. The number of pyridine rings is 1. The number of nitrogens with zero attached hydrogens (tertiary/aromatic N) is 1. The molecule has 1 atom stereocenters. The average Bonchev–Trinajstić information content (AvgIpc) is 2.70. The van der Waals surface area contributed by atoms with Crippen LogP contribution in [0.3, 0.4) is 0 Å². The molecule has 84 valence electrons. The molecule has 0 radical (unpaired) electrons. The van der Waals surface area contributed by atoms with Gasteiger partial charge in [-0.05, 0) is 25.1 Å². The van der Waals surface area contributed by atoms with Crippen LogP contribution in [0.25, 0.3) is 0 Å². The molecular weight excluding hydrogens is 202 g/mol. The molecule has 0 aliphatic carbocycles. The monoisotopic (exact) mass is 217 g/mol. The Kier molecular flexibility index (Phi) is 3.10. The zero-order chi connectivity index (χ0) is 11.4. The topological polar surface area (TPSA) is 64.1 Å². The Morgan fingerprint density at radius 1 is 1.50 bits per heavy atom. The van der Waals surface area contributed by atoms with Crippen molar-refractivity contribution in [3.63, 3.8) is 0 Å². The van der Waals surface area contributed by atoms with Crippen LogP contribution in [0.1, 0.15) is 12.7 Å². The van der Waals surface area contributed by atoms with Gasteiger partial charge in [0.25, 0.3) is 0 Å². The van der Waals surface area contributed by atoms with Gasteiger partial charge in [0.2, 0.25) is 0 Å². The van der Waals surface area contributed by atoms with Crippen LogP contribution in [0.15, 0.2) is 41.1 Å². The molecule has 2 aromatic rings. The van der Waals surface area contributed by atoms with Crippen molar-refractivity contribution in [2.45, 2.75) is 19.4 Å². The van der Waals surface area contributed by atoms with Crippen molar-refractivity contribution in [3.05, 3.63) is 42.5 Å². The van der Waals surface area contributed by atoms with Crippen LogP contribution >= 0.6 is 0 Å². The normalized spacial score (nSPS) is 12.3. The van der Waals surface area contributed by atoms with Gasteiger partial charge in [-0.25, -0.2) is 4.98 Å². The number of nitrogen functional groups attached to an aromatic ring is 1. The molecule has 2 aromatic heterocycles. The summed E-state index contributed by atoms with van der Waals surface area (Å²) in [4.78, 5) is 3.94.